The van der Waals surface area contributed by atoms with Crippen LogP contribution >= 0.6 is 11.3 Å². The highest BCUT2D eigenvalue weighted by atomic mass is 32.2. The van der Waals surface area contributed by atoms with Crippen LogP contribution in [-0.4, -0.2) is 25.8 Å². The molecule has 1 fully saturated rings. The number of aryl methyl sites for hydroxylation is 2. The minimum atomic E-state index is -3.11. The highest BCUT2D eigenvalue weighted by Crippen LogP contribution is 2.44. The predicted molar refractivity (Wildman–Crippen MR) is 97.3 cm³/mol. The van der Waals surface area contributed by atoms with Crippen molar-refractivity contribution in [2.45, 2.75) is 19.3 Å². The van der Waals surface area contributed by atoms with E-state index in [9.17, 15) is 18.5 Å². The molecule has 0 unspecified atom stereocenters. The molecular weight excluding hydrogens is 356 g/mol. The lowest BCUT2D eigenvalue weighted by atomic mass is 9.88. The summed E-state index contributed by atoms with van der Waals surface area (Å²) in [7, 11) is -3.11. The molecule has 2 heterocycles. The number of thiophene rings is 1. The van der Waals surface area contributed by atoms with E-state index in [0.717, 1.165) is 28.8 Å². The van der Waals surface area contributed by atoms with Gasteiger partial charge in [0.05, 0.1) is 23.0 Å². The van der Waals surface area contributed by atoms with Crippen molar-refractivity contribution in [2.75, 3.05) is 16.8 Å². The number of hydrogen-bond donors (Lipinski definition) is 1. The molecule has 1 N–H and O–H groups in total. The van der Waals surface area contributed by atoms with E-state index < -0.39 is 15.8 Å². The van der Waals surface area contributed by atoms with E-state index in [0.29, 0.717) is 17.0 Å². The van der Waals surface area contributed by atoms with Crippen LogP contribution < -0.4 is 5.32 Å². The van der Waals surface area contributed by atoms with E-state index in [-0.39, 0.29) is 17.4 Å². The SMILES string of the molecule is N#Cc1c(NC(=O)[C@H]2CCS(=O)(=O)C2)sc2c1-c1ccccc1CC2. The largest absolute Gasteiger partial charge is 0.316 e. The minimum absolute atomic E-state index is 0.0600. The molecule has 2 aliphatic rings. The number of nitrogens with zero attached hydrogens (tertiary/aromatic N) is 1. The van der Waals surface area contributed by atoms with E-state index >= 15 is 0 Å². The average molecular weight is 372 g/mol. The van der Waals surface area contributed by atoms with Gasteiger partial charge in [-0.25, -0.2) is 8.42 Å². The Labute approximate surface area is 150 Å². The Hall–Kier alpha value is -2.17. The number of hydrogen-bond acceptors (Lipinski definition) is 5. The summed E-state index contributed by atoms with van der Waals surface area (Å²) in [5, 5.41) is 13.0. The van der Waals surface area contributed by atoms with Gasteiger partial charge in [-0.1, -0.05) is 24.3 Å². The molecule has 4 rings (SSSR count). The third-order valence-corrected chi connectivity index (χ3v) is 7.77. The van der Waals surface area contributed by atoms with E-state index in [1.54, 1.807) is 0 Å². The third-order valence-electron chi connectivity index (χ3n) is 4.84. The molecule has 7 heteroatoms. The van der Waals surface area contributed by atoms with Crippen molar-refractivity contribution in [1.29, 1.82) is 5.26 Å². The minimum Gasteiger partial charge on any atom is -0.316 e. The van der Waals surface area contributed by atoms with Crippen molar-refractivity contribution in [3.63, 3.8) is 0 Å². The molecule has 128 valence electrons. The zero-order valence-corrected chi connectivity index (χ0v) is 15.0. The topological polar surface area (TPSA) is 87.0 Å². The van der Waals surface area contributed by atoms with E-state index in [1.165, 1.54) is 16.9 Å². The fourth-order valence-electron chi connectivity index (χ4n) is 3.58. The summed E-state index contributed by atoms with van der Waals surface area (Å²) < 4.78 is 23.2. The fraction of sp³-hybridized carbons (Fsp3) is 0.333. The number of carbonyl (C=O) groups excluding carboxylic acids is 1. The van der Waals surface area contributed by atoms with Gasteiger partial charge in [-0.15, -0.1) is 11.3 Å². The van der Waals surface area contributed by atoms with E-state index in [2.05, 4.69) is 17.5 Å². The first-order valence-electron chi connectivity index (χ1n) is 8.14. The van der Waals surface area contributed by atoms with Gasteiger partial charge in [0.2, 0.25) is 5.91 Å². The summed E-state index contributed by atoms with van der Waals surface area (Å²) >= 11 is 1.43. The maximum absolute atomic E-state index is 12.5. The molecule has 5 nitrogen and oxygen atoms in total. The highest BCUT2D eigenvalue weighted by molar-refractivity contribution is 7.91. The Morgan fingerprint density at radius 3 is 2.80 bits per heavy atom. The van der Waals surface area contributed by atoms with Gasteiger partial charge in [-0.2, -0.15) is 5.26 Å². The van der Waals surface area contributed by atoms with Gasteiger partial charge >= 0.3 is 0 Å². The molecule has 1 saturated heterocycles. The van der Waals surface area contributed by atoms with Gasteiger partial charge in [0, 0.05) is 10.4 Å². The van der Waals surface area contributed by atoms with Crippen LogP contribution in [0, 0.1) is 17.2 Å². The first kappa shape index (κ1) is 16.3. The average Bonchev–Trinajstić information content (AvgIpc) is 3.14. The standard InChI is InChI=1S/C18H16N2O3S2/c19-9-14-16-13-4-2-1-3-11(13)5-6-15(16)24-18(14)20-17(21)12-7-8-25(22,23)10-12/h1-4,12H,5-8,10H2,(H,20,21)/t12-/m0/s1. The van der Waals surface area contributed by atoms with Crippen molar-refractivity contribution < 1.29 is 13.2 Å². The van der Waals surface area contributed by atoms with Crippen molar-refractivity contribution in [3.8, 4) is 17.2 Å². The zero-order chi connectivity index (χ0) is 17.6. The number of anilines is 1. The molecule has 1 aromatic carbocycles. The number of rotatable bonds is 2. The maximum Gasteiger partial charge on any atom is 0.229 e. The second-order valence-corrected chi connectivity index (χ2v) is 9.80. The number of sulfone groups is 1. The van der Waals surface area contributed by atoms with Crippen LogP contribution in [-0.2, 0) is 27.5 Å². The molecule has 1 atom stereocenters. The summed E-state index contributed by atoms with van der Waals surface area (Å²) in [6.07, 6.45) is 2.12. The highest BCUT2D eigenvalue weighted by Gasteiger charge is 2.34. The zero-order valence-electron chi connectivity index (χ0n) is 13.4. The van der Waals surface area contributed by atoms with E-state index in [4.69, 9.17) is 0 Å². The molecule has 1 aliphatic heterocycles. The number of amides is 1. The summed E-state index contributed by atoms with van der Waals surface area (Å²) in [4.78, 5) is 13.6. The van der Waals surface area contributed by atoms with Crippen LogP contribution in [0.3, 0.4) is 0 Å². The van der Waals surface area contributed by atoms with Crippen LogP contribution in [0.25, 0.3) is 11.1 Å². The van der Waals surface area contributed by atoms with Gasteiger partial charge in [0.15, 0.2) is 9.84 Å². The van der Waals surface area contributed by atoms with Crippen LogP contribution in [0.2, 0.25) is 0 Å². The van der Waals surface area contributed by atoms with Crippen molar-refractivity contribution in [3.05, 3.63) is 40.3 Å². The quantitative estimate of drug-likeness (QED) is 0.878. The second-order valence-electron chi connectivity index (χ2n) is 6.46. The Kier molecular flexibility index (Phi) is 3.89. The molecule has 1 aliphatic carbocycles. The van der Waals surface area contributed by atoms with Gasteiger partial charge < -0.3 is 5.32 Å². The lowest BCUT2D eigenvalue weighted by Crippen LogP contribution is -2.23. The van der Waals surface area contributed by atoms with Crippen LogP contribution in [0.1, 0.15) is 22.4 Å². The molecule has 0 bridgehead atoms. The summed E-state index contributed by atoms with van der Waals surface area (Å²) in [6.45, 7) is 0. The van der Waals surface area contributed by atoms with Crippen LogP contribution in [0.4, 0.5) is 5.00 Å². The van der Waals surface area contributed by atoms with Gasteiger partial charge in [-0.05, 0) is 30.4 Å². The molecule has 1 aromatic heterocycles. The molecule has 0 radical (unpaired) electrons. The number of nitriles is 1. The van der Waals surface area contributed by atoms with Gasteiger partial charge in [0.25, 0.3) is 0 Å². The monoisotopic (exact) mass is 372 g/mol. The van der Waals surface area contributed by atoms with Crippen LogP contribution in [0.5, 0.6) is 0 Å². The second kappa shape index (κ2) is 5.97. The van der Waals surface area contributed by atoms with Gasteiger partial charge in [-0.3, -0.25) is 4.79 Å². The van der Waals surface area contributed by atoms with Crippen molar-refractivity contribution in [1.82, 2.24) is 0 Å². The lowest BCUT2D eigenvalue weighted by Gasteiger charge is -2.16. The number of carbonyl (C=O) groups is 1. The van der Waals surface area contributed by atoms with Gasteiger partial charge in [0.1, 0.15) is 11.1 Å². The summed E-state index contributed by atoms with van der Waals surface area (Å²) in [5.74, 6) is -0.869. The Balaban J connectivity index is 1.68. The molecule has 2 aromatic rings. The van der Waals surface area contributed by atoms with E-state index in [1.807, 2.05) is 18.2 Å². The molecule has 1 amide bonds. The summed E-state index contributed by atoms with van der Waals surface area (Å²) in [5.41, 5.74) is 3.68. The Morgan fingerprint density at radius 2 is 2.08 bits per heavy atom. The molecule has 0 spiro atoms. The smallest absolute Gasteiger partial charge is 0.229 e. The predicted octanol–water partition coefficient (Wildman–Crippen LogP) is 2.76. The molecule has 25 heavy (non-hydrogen) atoms. The summed E-state index contributed by atoms with van der Waals surface area (Å²) in [6, 6.07) is 10.3. The number of fused-ring (bicyclic) bond motifs is 3. The Bertz CT molecular complexity index is 1020. The number of benzene rings is 1. The van der Waals surface area contributed by atoms with Crippen molar-refractivity contribution in [2.24, 2.45) is 5.92 Å². The van der Waals surface area contributed by atoms with Crippen molar-refractivity contribution >= 4 is 32.1 Å². The first-order valence-corrected chi connectivity index (χ1v) is 10.8. The third kappa shape index (κ3) is 2.86. The fourth-order valence-corrected chi connectivity index (χ4v) is 6.49. The normalized spacial score (nSPS) is 20.4. The van der Waals surface area contributed by atoms with Crippen LogP contribution in [0.15, 0.2) is 24.3 Å². The first-order chi connectivity index (χ1) is 12.0. The lowest BCUT2D eigenvalue weighted by molar-refractivity contribution is -0.119. The Morgan fingerprint density at radius 1 is 1.28 bits per heavy atom. The number of nitrogens with one attached hydrogen (secondary N) is 1. The maximum atomic E-state index is 12.5. The molecular formula is C18H16N2O3S2. The molecule has 0 saturated carbocycles.